The minimum Gasteiger partial charge on any atom is -0.326 e. The van der Waals surface area contributed by atoms with Gasteiger partial charge in [-0.1, -0.05) is 30.3 Å². The van der Waals surface area contributed by atoms with E-state index in [1.165, 1.54) is 12.1 Å². The van der Waals surface area contributed by atoms with Crippen LogP contribution in [0.2, 0.25) is 0 Å². The van der Waals surface area contributed by atoms with Gasteiger partial charge in [0, 0.05) is 23.6 Å². The van der Waals surface area contributed by atoms with E-state index in [0.717, 1.165) is 22.5 Å². The third-order valence-electron chi connectivity index (χ3n) is 4.08. The first-order valence-electron chi connectivity index (χ1n) is 8.26. The predicted molar refractivity (Wildman–Crippen MR) is 99.4 cm³/mol. The fourth-order valence-electron chi connectivity index (χ4n) is 2.82. The maximum absolute atomic E-state index is 12.9. The number of rotatable bonds is 4. The Kier molecular flexibility index (Phi) is 4.19. The van der Waals surface area contributed by atoms with Crippen LogP contribution in [-0.2, 0) is 11.2 Å². The van der Waals surface area contributed by atoms with E-state index < -0.39 is 0 Å². The van der Waals surface area contributed by atoms with Crippen molar-refractivity contribution >= 4 is 17.2 Å². The summed E-state index contributed by atoms with van der Waals surface area (Å²) in [5.41, 5.74) is 4.10. The van der Waals surface area contributed by atoms with Crippen LogP contribution in [0, 0.1) is 5.82 Å². The number of hydrogen-bond acceptors (Lipinski definition) is 2. The third-order valence-corrected chi connectivity index (χ3v) is 4.08. The molecular weight excluding hydrogens is 329 g/mol. The van der Waals surface area contributed by atoms with Crippen LogP contribution in [0.4, 0.5) is 10.1 Å². The molecule has 0 unspecified atom stereocenters. The average molecular weight is 345 g/mol. The molecule has 2 heterocycles. The number of fused-ring (bicyclic) bond motifs is 1. The molecular formula is C21H16FN3O. The van der Waals surface area contributed by atoms with E-state index in [0.29, 0.717) is 5.69 Å². The fraction of sp³-hybridized carbons (Fsp3) is 0.0476. The molecule has 0 aliphatic rings. The van der Waals surface area contributed by atoms with Gasteiger partial charge in [-0.3, -0.25) is 4.79 Å². The van der Waals surface area contributed by atoms with Crippen molar-refractivity contribution in [2.75, 3.05) is 5.32 Å². The van der Waals surface area contributed by atoms with E-state index in [4.69, 9.17) is 0 Å². The average Bonchev–Trinajstić information content (AvgIpc) is 3.08. The number of aromatic nitrogens is 2. The maximum atomic E-state index is 12.9. The molecule has 4 rings (SSSR count). The standard InChI is InChI=1S/C21H16FN3O/c22-17-9-7-15(8-10-17)12-21(26)23-18-5-3-4-16(13-18)19-14-25-11-2-1-6-20(25)24-19/h1-11,13-14H,12H2,(H,23,26). The van der Waals surface area contributed by atoms with E-state index in [1.807, 2.05) is 59.3 Å². The fourth-order valence-corrected chi connectivity index (χ4v) is 2.82. The van der Waals surface area contributed by atoms with Crippen LogP contribution < -0.4 is 5.32 Å². The number of nitrogens with one attached hydrogen (secondary N) is 1. The van der Waals surface area contributed by atoms with Crippen molar-refractivity contribution in [2.24, 2.45) is 0 Å². The lowest BCUT2D eigenvalue weighted by atomic mass is 10.1. The number of nitrogens with zero attached hydrogens (tertiary/aromatic N) is 2. The number of carbonyl (C=O) groups excluding carboxylic acids is 1. The zero-order chi connectivity index (χ0) is 17.9. The topological polar surface area (TPSA) is 46.4 Å². The highest BCUT2D eigenvalue weighted by molar-refractivity contribution is 5.92. The van der Waals surface area contributed by atoms with E-state index in [9.17, 15) is 9.18 Å². The molecule has 4 nitrogen and oxygen atoms in total. The number of amides is 1. The van der Waals surface area contributed by atoms with Crippen LogP contribution in [0.15, 0.2) is 79.1 Å². The van der Waals surface area contributed by atoms with Crippen LogP contribution in [0.5, 0.6) is 0 Å². The van der Waals surface area contributed by atoms with Crippen LogP contribution in [0.1, 0.15) is 5.56 Å². The lowest BCUT2D eigenvalue weighted by Crippen LogP contribution is -2.14. The van der Waals surface area contributed by atoms with E-state index in [1.54, 1.807) is 12.1 Å². The zero-order valence-corrected chi connectivity index (χ0v) is 13.9. The van der Waals surface area contributed by atoms with Crippen LogP contribution in [0.25, 0.3) is 16.9 Å². The molecule has 26 heavy (non-hydrogen) atoms. The quantitative estimate of drug-likeness (QED) is 0.599. The first-order chi connectivity index (χ1) is 12.7. The Morgan fingerprint density at radius 2 is 1.88 bits per heavy atom. The molecule has 0 atom stereocenters. The SMILES string of the molecule is O=C(Cc1ccc(F)cc1)Nc1cccc(-c2cn3ccccc3n2)c1. The number of halogens is 1. The minimum atomic E-state index is -0.311. The first-order valence-corrected chi connectivity index (χ1v) is 8.26. The molecule has 0 aliphatic heterocycles. The van der Waals surface area contributed by atoms with Crippen LogP contribution >= 0.6 is 0 Å². The van der Waals surface area contributed by atoms with Gasteiger partial charge in [0.05, 0.1) is 12.1 Å². The summed E-state index contributed by atoms with van der Waals surface area (Å²) in [7, 11) is 0. The molecule has 0 bridgehead atoms. The van der Waals surface area contributed by atoms with Gasteiger partial charge >= 0.3 is 0 Å². The van der Waals surface area contributed by atoms with Crippen LogP contribution in [-0.4, -0.2) is 15.3 Å². The Morgan fingerprint density at radius 1 is 1.04 bits per heavy atom. The highest BCUT2D eigenvalue weighted by Gasteiger charge is 2.08. The lowest BCUT2D eigenvalue weighted by molar-refractivity contribution is -0.115. The molecule has 1 N–H and O–H groups in total. The number of anilines is 1. The van der Waals surface area contributed by atoms with Crippen molar-refractivity contribution in [1.29, 1.82) is 0 Å². The third kappa shape index (κ3) is 3.47. The predicted octanol–water partition coefficient (Wildman–Crippen LogP) is 4.32. The van der Waals surface area contributed by atoms with Gasteiger partial charge in [0.15, 0.2) is 0 Å². The van der Waals surface area contributed by atoms with E-state index in [2.05, 4.69) is 10.3 Å². The Balaban J connectivity index is 1.51. The Bertz CT molecular complexity index is 1040. The van der Waals surface area contributed by atoms with Crippen molar-refractivity contribution in [3.8, 4) is 11.3 Å². The van der Waals surface area contributed by atoms with Crippen molar-refractivity contribution in [3.05, 3.63) is 90.5 Å². The summed E-state index contributed by atoms with van der Waals surface area (Å²) < 4.78 is 14.9. The van der Waals surface area contributed by atoms with Gasteiger partial charge in [0.1, 0.15) is 11.5 Å². The number of carbonyl (C=O) groups is 1. The molecule has 0 radical (unpaired) electrons. The normalized spacial score (nSPS) is 10.8. The zero-order valence-electron chi connectivity index (χ0n) is 13.9. The monoisotopic (exact) mass is 345 g/mol. The van der Waals surface area contributed by atoms with Crippen molar-refractivity contribution in [3.63, 3.8) is 0 Å². The minimum absolute atomic E-state index is 0.149. The second-order valence-corrected chi connectivity index (χ2v) is 6.02. The van der Waals surface area contributed by atoms with Crippen molar-refractivity contribution in [2.45, 2.75) is 6.42 Å². The highest BCUT2D eigenvalue weighted by atomic mass is 19.1. The molecule has 4 aromatic rings. The summed E-state index contributed by atoms with van der Waals surface area (Å²) in [6, 6.07) is 19.3. The molecule has 1 amide bonds. The van der Waals surface area contributed by atoms with Gasteiger partial charge in [0.25, 0.3) is 0 Å². The Morgan fingerprint density at radius 3 is 2.69 bits per heavy atom. The second kappa shape index (κ2) is 6.80. The molecule has 0 fully saturated rings. The summed E-state index contributed by atoms with van der Waals surface area (Å²) in [5.74, 6) is -0.460. The largest absolute Gasteiger partial charge is 0.326 e. The molecule has 0 spiro atoms. The molecule has 5 heteroatoms. The molecule has 0 saturated carbocycles. The van der Waals surface area contributed by atoms with Crippen molar-refractivity contribution < 1.29 is 9.18 Å². The van der Waals surface area contributed by atoms with Gasteiger partial charge < -0.3 is 9.72 Å². The van der Waals surface area contributed by atoms with Gasteiger partial charge in [-0.2, -0.15) is 0 Å². The molecule has 2 aromatic carbocycles. The number of imidazole rings is 1. The Hall–Kier alpha value is -3.47. The van der Waals surface area contributed by atoms with Gasteiger partial charge in [-0.05, 0) is 42.0 Å². The summed E-state index contributed by atoms with van der Waals surface area (Å²) in [4.78, 5) is 16.8. The molecule has 0 saturated heterocycles. The summed E-state index contributed by atoms with van der Waals surface area (Å²) in [6.45, 7) is 0. The van der Waals surface area contributed by atoms with E-state index in [-0.39, 0.29) is 18.1 Å². The van der Waals surface area contributed by atoms with Crippen molar-refractivity contribution in [1.82, 2.24) is 9.38 Å². The summed E-state index contributed by atoms with van der Waals surface area (Å²) in [6.07, 6.45) is 4.09. The lowest BCUT2D eigenvalue weighted by Gasteiger charge is -2.07. The number of benzene rings is 2. The maximum Gasteiger partial charge on any atom is 0.228 e. The van der Waals surface area contributed by atoms with Crippen LogP contribution in [0.3, 0.4) is 0 Å². The smallest absolute Gasteiger partial charge is 0.228 e. The second-order valence-electron chi connectivity index (χ2n) is 6.02. The molecule has 0 aliphatic carbocycles. The number of pyridine rings is 1. The first kappa shape index (κ1) is 16.0. The van der Waals surface area contributed by atoms with Gasteiger partial charge in [-0.25, -0.2) is 9.37 Å². The molecule has 2 aromatic heterocycles. The highest BCUT2D eigenvalue weighted by Crippen LogP contribution is 2.22. The van der Waals surface area contributed by atoms with E-state index >= 15 is 0 Å². The summed E-state index contributed by atoms with van der Waals surface area (Å²) >= 11 is 0. The summed E-state index contributed by atoms with van der Waals surface area (Å²) in [5, 5.41) is 2.88. The Labute approximate surface area is 149 Å². The number of hydrogen-bond donors (Lipinski definition) is 1. The van der Waals surface area contributed by atoms with Gasteiger partial charge in [0.2, 0.25) is 5.91 Å². The van der Waals surface area contributed by atoms with Gasteiger partial charge in [-0.15, -0.1) is 0 Å². The molecule has 128 valence electrons.